The van der Waals surface area contributed by atoms with Crippen molar-refractivity contribution in [2.45, 2.75) is 55.9 Å². The zero-order valence-electron chi connectivity index (χ0n) is 12.4. The minimum atomic E-state index is -2.98. The molecule has 1 aromatic rings. The second-order valence-corrected chi connectivity index (χ2v) is 8.82. The van der Waals surface area contributed by atoms with Crippen LogP contribution in [0.3, 0.4) is 0 Å². The Kier molecular flexibility index (Phi) is 3.91. The van der Waals surface area contributed by atoms with E-state index in [1.165, 1.54) is 0 Å². The highest BCUT2D eigenvalue weighted by Crippen LogP contribution is 2.40. The van der Waals surface area contributed by atoms with Gasteiger partial charge in [0.25, 0.3) is 0 Å². The van der Waals surface area contributed by atoms with Gasteiger partial charge in [0.2, 0.25) is 0 Å². The Morgan fingerprint density at radius 3 is 2.38 bits per heavy atom. The van der Waals surface area contributed by atoms with E-state index in [1.54, 1.807) is 0 Å². The van der Waals surface area contributed by atoms with Gasteiger partial charge < -0.3 is 0 Å². The zero-order chi connectivity index (χ0) is 15.0. The minimum absolute atomic E-state index is 0.114. The average molecular weight is 306 g/mol. The molecule has 2 heterocycles. The van der Waals surface area contributed by atoms with Crippen LogP contribution >= 0.6 is 0 Å². The predicted octanol–water partition coefficient (Wildman–Crippen LogP) is 3.18. The maximum atomic E-state index is 12.8. The van der Waals surface area contributed by atoms with Crippen LogP contribution in [0.2, 0.25) is 0 Å². The molecule has 2 saturated heterocycles. The zero-order valence-corrected chi connectivity index (χ0v) is 13.2. The highest BCUT2D eigenvalue weighted by molar-refractivity contribution is 7.92. The molecule has 114 valence electrons. The molecular formula is C17H22O3S. The van der Waals surface area contributed by atoms with Gasteiger partial charge in [0, 0.05) is 11.5 Å². The number of carbonyl (C=O) groups is 1. The topological polar surface area (TPSA) is 51.2 Å². The summed E-state index contributed by atoms with van der Waals surface area (Å²) in [6, 6.07) is 7.73. The Balaban J connectivity index is 1.87. The van der Waals surface area contributed by atoms with E-state index >= 15 is 0 Å². The van der Waals surface area contributed by atoms with Gasteiger partial charge in [-0.3, -0.25) is 4.79 Å². The summed E-state index contributed by atoms with van der Waals surface area (Å²) in [7, 11) is -2.98. The van der Waals surface area contributed by atoms with Crippen molar-refractivity contribution in [2.24, 2.45) is 5.92 Å². The Morgan fingerprint density at radius 1 is 1.14 bits per heavy atom. The normalized spacial score (nSPS) is 30.8. The van der Waals surface area contributed by atoms with Gasteiger partial charge in [-0.05, 0) is 37.7 Å². The molecule has 3 nitrogen and oxygen atoms in total. The summed E-state index contributed by atoms with van der Waals surface area (Å²) >= 11 is 0. The Bertz CT molecular complexity index is 628. The summed E-state index contributed by atoms with van der Waals surface area (Å²) in [6.07, 6.45) is 4.34. The van der Waals surface area contributed by atoms with Crippen LogP contribution in [0.5, 0.6) is 0 Å². The second kappa shape index (κ2) is 5.56. The van der Waals surface area contributed by atoms with Crippen LogP contribution in [0.4, 0.5) is 0 Å². The molecule has 2 unspecified atom stereocenters. The van der Waals surface area contributed by atoms with Gasteiger partial charge in [0.05, 0.1) is 10.5 Å². The molecule has 2 aliphatic rings. The number of carbonyl (C=O) groups excluding carboxylic acids is 1. The number of fused-ring (bicyclic) bond motifs is 2. The molecule has 0 aliphatic carbocycles. The highest BCUT2D eigenvalue weighted by atomic mass is 32.2. The molecule has 2 bridgehead atoms. The molecule has 0 saturated carbocycles. The van der Waals surface area contributed by atoms with Gasteiger partial charge in [-0.2, -0.15) is 0 Å². The first-order valence-corrected chi connectivity index (χ1v) is 9.49. The van der Waals surface area contributed by atoms with Crippen molar-refractivity contribution in [3.05, 3.63) is 35.4 Å². The van der Waals surface area contributed by atoms with Gasteiger partial charge in [-0.1, -0.05) is 37.6 Å². The van der Waals surface area contributed by atoms with Crippen LogP contribution in [0, 0.1) is 5.92 Å². The monoisotopic (exact) mass is 306 g/mol. The molecule has 21 heavy (non-hydrogen) atoms. The number of hydrogen-bond donors (Lipinski definition) is 0. The summed E-state index contributed by atoms with van der Waals surface area (Å²) in [5.74, 6) is 0.0378. The number of hydrogen-bond acceptors (Lipinski definition) is 3. The van der Waals surface area contributed by atoms with Crippen LogP contribution in [0.25, 0.3) is 0 Å². The van der Waals surface area contributed by atoms with Gasteiger partial charge >= 0.3 is 0 Å². The van der Waals surface area contributed by atoms with E-state index in [1.807, 2.05) is 31.2 Å². The first kappa shape index (κ1) is 14.8. The maximum Gasteiger partial charge on any atom is 0.166 e. The third-order valence-corrected chi connectivity index (χ3v) is 7.83. The lowest BCUT2D eigenvalue weighted by Crippen LogP contribution is -2.45. The largest absolute Gasteiger partial charge is 0.294 e. The molecule has 0 radical (unpaired) electrons. The smallest absolute Gasteiger partial charge is 0.166 e. The second-order valence-electron chi connectivity index (χ2n) is 6.31. The van der Waals surface area contributed by atoms with E-state index in [0.717, 1.165) is 36.8 Å². The van der Waals surface area contributed by atoms with E-state index in [-0.39, 0.29) is 22.2 Å². The third kappa shape index (κ3) is 2.54. The molecule has 2 atom stereocenters. The summed E-state index contributed by atoms with van der Waals surface area (Å²) in [4.78, 5) is 12.8. The fourth-order valence-corrected chi connectivity index (χ4v) is 6.45. The molecule has 2 fully saturated rings. The maximum absolute atomic E-state index is 12.8. The fourth-order valence-electron chi connectivity index (χ4n) is 3.91. The van der Waals surface area contributed by atoms with Crippen LogP contribution in [0.1, 0.15) is 54.9 Å². The van der Waals surface area contributed by atoms with Crippen molar-refractivity contribution in [1.29, 1.82) is 0 Å². The number of Topliss-reactive ketones (excluding diaryl/α,β-unsaturated/α-hetero) is 1. The van der Waals surface area contributed by atoms with Gasteiger partial charge in [-0.25, -0.2) is 8.42 Å². The lowest BCUT2D eigenvalue weighted by Gasteiger charge is -2.38. The van der Waals surface area contributed by atoms with Crippen molar-refractivity contribution in [2.75, 3.05) is 0 Å². The summed E-state index contributed by atoms with van der Waals surface area (Å²) < 4.78 is 24.6. The molecule has 0 N–H and O–H groups in total. The lowest BCUT2D eigenvalue weighted by molar-refractivity contribution is 0.0893. The molecule has 3 rings (SSSR count). The fraction of sp³-hybridized carbons (Fsp3) is 0.588. The molecular weight excluding hydrogens is 284 g/mol. The van der Waals surface area contributed by atoms with Gasteiger partial charge in [-0.15, -0.1) is 0 Å². The van der Waals surface area contributed by atoms with Crippen molar-refractivity contribution < 1.29 is 13.2 Å². The van der Waals surface area contributed by atoms with E-state index < -0.39 is 9.84 Å². The van der Waals surface area contributed by atoms with Crippen LogP contribution in [-0.2, 0) is 16.3 Å². The van der Waals surface area contributed by atoms with Gasteiger partial charge in [0.15, 0.2) is 15.6 Å². The van der Waals surface area contributed by atoms with Crippen molar-refractivity contribution in [1.82, 2.24) is 0 Å². The van der Waals surface area contributed by atoms with Crippen molar-refractivity contribution in [3.8, 4) is 0 Å². The highest BCUT2D eigenvalue weighted by Gasteiger charge is 2.46. The number of benzene rings is 1. The minimum Gasteiger partial charge on any atom is -0.294 e. The van der Waals surface area contributed by atoms with E-state index in [2.05, 4.69) is 0 Å². The van der Waals surface area contributed by atoms with Crippen molar-refractivity contribution >= 4 is 15.6 Å². The first-order valence-electron chi connectivity index (χ1n) is 7.89. The van der Waals surface area contributed by atoms with E-state index in [0.29, 0.717) is 12.8 Å². The van der Waals surface area contributed by atoms with Crippen molar-refractivity contribution in [3.63, 3.8) is 0 Å². The van der Waals surface area contributed by atoms with E-state index in [4.69, 9.17) is 0 Å². The van der Waals surface area contributed by atoms with Crippen LogP contribution < -0.4 is 0 Å². The van der Waals surface area contributed by atoms with E-state index in [9.17, 15) is 13.2 Å². The molecule has 2 aliphatic heterocycles. The number of aryl methyl sites for hydroxylation is 1. The quantitative estimate of drug-likeness (QED) is 0.806. The standard InChI is InChI=1S/C17H22O3S/c1-2-12-6-3-4-9-16(12)17(18)13-10-14-7-5-8-15(11-13)21(14,19)20/h3-4,6,9,13-15H,2,5,7-8,10-11H2,1H3. The van der Waals surface area contributed by atoms with Gasteiger partial charge in [0.1, 0.15) is 0 Å². The Morgan fingerprint density at radius 2 is 1.76 bits per heavy atom. The number of ketones is 1. The molecule has 0 aromatic heterocycles. The first-order chi connectivity index (χ1) is 10.0. The van der Waals surface area contributed by atoms with Crippen LogP contribution in [-0.4, -0.2) is 24.7 Å². The number of sulfone groups is 1. The molecule has 0 amide bonds. The third-order valence-electron chi connectivity index (χ3n) is 5.11. The predicted molar refractivity (Wildman–Crippen MR) is 83.2 cm³/mol. The number of rotatable bonds is 3. The molecule has 0 spiro atoms. The van der Waals surface area contributed by atoms with Crippen LogP contribution in [0.15, 0.2) is 24.3 Å². The molecule has 1 aromatic carbocycles. The summed E-state index contributed by atoms with van der Waals surface area (Å²) in [6.45, 7) is 2.05. The Hall–Kier alpha value is -1.16. The Labute approximate surface area is 126 Å². The average Bonchev–Trinajstić information content (AvgIpc) is 2.45. The SMILES string of the molecule is CCc1ccccc1C(=O)C1CC2CCCC(C1)S2(=O)=O. The lowest BCUT2D eigenvalue weighted by atomic mass is 9.83. The summed E-state index contributed by atoms with van der Waals surface area (Å²) in [5.41, 5.74) is 1.86. The summed E-state index contributed by atoms with van der Waals surface area (Å²) in [5, 5.41) is -0.569. The molecule has 4 heteroatoms.